The van der Waals surface area contributed by atoms with Crippen LogP contribution >= 0.6 is 27.3 Å². The molecule has 0 saturated heterocycles. The molecule has 3 rings (SSSR count). The molecule has 1 amide bonds. The first-order chi connectivity index (χ1) is 13.4. The minimum atomic E-state index is -0.208. The van der Waals surface area contributed by atoms with Crippen molar-refractivity contribution >= 4 is 38.3 Å². The fraction of sp³-hybridized carbons (Fsp3) is 0.273. The van der Waals surface area contributed by atoms with Gasteiger partial charge in [0.1, 0.15) is 5.75 Å². The number of halogens is 1. The zero-order valence-corrected chi connectivity index (χ0v) is 18.6. The average molecular weight is 459 g/mol. The summed E-state index contributed by atoms with van der Waals surface area (Å²) in [5.41, 5.74) is 3.41. The number of ether oxygens (including phenoxy) is 1. The van der Waals surface area contributed by atoms with Crippen LogP contribution in [0.25, 0.3) is 0 Å². The van der Waals surface area contributed by atoms with Gasteiger partial charge in [-0.2, -0.15) is 0 Å². The lowest BCUT2D eigenvalue weighted by molar-refractivity contribution is -0.118. The van der Waals surface area contributed by atoms with Gasteiger partial charge in [0.25, 0.3) is 5.91 Å². The van der Waals surface area contributed by atoms with Crippen LogP contribution in [0.15, 0.2) is 53.1 Å². The first-order valence-corrected chi connectivity index (χ1v) is 10.7. The Hall–Kier alpha value is -2.18. The molecule has 0 spiro atoms. The van der Waals surface area contributed by atoms with Crippen LogP contribution in [0.2, 0.25) is 0 Å². The van der Waals surface area contributed by atoms with Gasteiger partial charge in [-0.05, 0) is 47.7 Å². The number of benzene rings is 2. The van der Waals surface area contributed by atoms with E-state index in [0.717, 1.165) is 32.6 Å². The van der Waals surface area contributed by atoms with Crippen LogP contribution < -0.4 is 10.1 Å². The zero-order valence-electron chi connectivity index (χ0n) is 16.2. The molecular formula is C22H23BrN2O2S. The zero-order chi connectivity index (χ0) is 20.1. The second-order valence-corrected chi connectivity index (χ2v) is 9.00. The van der Waals surface area contributed by atoms with Crippen LogP contribution in [0.1, 0.15) is 41.3 Å². The summed E-state index contributed by atoms with van der Waals surface area (Å²) in [4.78, 5) is 17.7. The third-order valence-electron chi connectivity index (χ3n) is 4.24. The van der Waals surface area contributed by atoms with Crippen LogP contribution in [-0.2, 0) is 11.2 Å². The first-order valence-electron chi connectivity index (χ1n) is 9.13. The maximum absolute atomic E-state index is 12.3. The van der Waals surface area contributed by atoms with Gasteiger partial charge in [-0.3, -0.25) is 10.1 Å². The highest BCUT2D eigenvalue weighted by molar-refractivity contribution is 9.10. The van der Waals surface area contributed by atoms with E-state index < -0.39 is 0 Å². The minimum Gasteiger partial charge on any atom is -0.483 e. The van der Waals surface area contributed by atoms with Gasteiger partial charge in [0.05, 0.1) is 0 Å². The van der Waals surface area contributed by atoms with E-state index in [1.165, 1.54) is 16.9 Å². The fourth-order valence-electron chi connectivity index (χ4n) is 2.79. The van der Waals surface area contributed by atoms with Crippen LogP contribution in [-0.4, -0.2) is 17.5 Å². The summed E-state index contributed by atoms with van der Waals surface area (Å²) >= 11 is 4.92. The third-order valence-corrected chi connectivity index (χ3v) is 5.68. The van der Waals surface area contributed by atoms with Gasteiger partial charge in [-0.15, -0.1) is 11.3 Å². The fourth-order valence-corrected chi connectivity index (χ4v) is 3.92. The molecule has 1 N–H and O–H groups in total. The maximum Gasteiger partial charge on any atom is 0.264 e. The van der Waals surface area contributed by atoms with Crippen LogP contribution in [0.5, 0.6) is 5.75 Å². The molecule has 0 unspecified atom stereocenters. The molecular weight excluding hydrogens is 436 g/mol. The molecule has 0 radical (unpaired) electrons. The number of nitrogens with zero attached hydrogens (tertiary/aromatic N) is 1. The third kappa shape index (κ3) is 5.66. The summed E-state index contributed by atoms with van der Waals surface area (Å²) in [6.45, 7) is 6.20. The molecule has 4 nitrogen and oxygen atoms in total. The Labute approximate surface area is 178 Å². The molecule has 28 heavy (non-hydrogen) atoms. The molecule has 1 aromatic heterocycles. The second-order valence-electron chi connectivity index (χ2n) is 6.97. The molecule has 0 fully saturated rings. The van der Waals surface area contributed by atoms with Gasteiger partial charge in [-0.1, -0.05) is 54.0 Å². The Morgan fingerprint density at radius 1 is 1.21 bits per heavy atom. The molecule has 3 aromatic rings. The molecule has 2 aromatic carbocycles. The largest absolute Gasteiger partial charge is 0.483 e. The molecule has 0 saturated carbocycles. The molecule has 6 heteroatoms. The highest BCUT2D eigenvalue weighted by Crippen LogP contribution is 2.27. The predicted molar refractivity (Wildman–Crippen MR) is 118 cm³/mol. The monoisotopic (exact) mass is 458 g/mol. The van der Waals surface area contributed by atoms with Gasteiger partial charge in [0.2, 0.25) is 0 Å². The summed E-state index contributed by atoms with van der Waals surface area (Å²) < 4.78 is 6.85. The predicted octanol–water partition coefficient (Wildman–Crippen LogP) is 5.95. The molecule has 0 aliphatic heterocycles. The number of carbonyl (C=O) groups excluding carboxylic acids is 1. The highest BCUT2D eigenvalue weighted by Gasteiger charge is 2.12. The summed E-state index contributed by atoms with van der Waals surface area (Å²) in [6, 6.07) is 14.3. The van der Waals surface area contributed by atoms with Crippen molar-refractivity contribution in [2.24, 2.45) is 0 Å². The number of anilines is 1. The van der Waals surface area contributed by atoms with Gasteiger partial charge < -0.3 is 4.74 Å². The number of hydrogen-bond acceptors (Lipinski definition) is 4. The smallest absolute Gasteiger partial charge is 0.264 e. The van der Waals surface area contributed by atoms with Crippen molar-refractivity contribution in [1.82, 2.24) is 4.98 Å². The molecule has 0 atom stereocenters. The highest BCUT2D eigenvalue weighted by atomic mass is 79.9. The number of aromatic nitrogens is 1. The van der Waals surface area contributed by atoms with Crippen molar-refractivity contribution < 1.29 is 9.53 Å². The Bertz CT molecular complexity index is 951. The summed E-state index contributed by atoms with van der Waals surface area (Å²) in [6.07, 6.45) is 2.60. The summed E-state index contributed by atoms with van der Waals surface area (Å²) in [5, 5.41) is 3.42. The van der Waals surface area contributed by atoms with E-state index in [0.29, 0.717) is 11.0 Å². The van der Waals surface area contributed by atoms with Crippen molar-refractivity contribution in [1.29, 1.82) is 0 Å². The number of rotatable bonds is 7. The number of thiazole rings is 1. The van der Waals surface area contributed by atoms with Gasteiger partial charge in [0, 0.05) is 22.0 Å². The molecule has 0 aliphatic rings. The standard InChI is InChI=1S/C22H23BrN2O2S/c1-14(2)19-9-4-15(3)10-20(19)27-13-21(26)25-22-24-12-18(28-22)11-16-5-7-17(23)8-6-16/h4-10,12,14H,11,13H2,1-3H3,(H,24,25,26). The van der Waals surface area contributed by atoms with E-state index in [4.69, 9.17) is 4.74 Å². The van der Waals surface area contributed by atoms with E-state index in [1.807, 2.05) is 25.1 Å². The Morgan fingerprint density at radius 2 is 1.96 bits per heavy atom. The lowest BCUT2D eigenvalue weighted by Crippen LogP contribution is -2.20. The van der Waals surface area contributed by atoms with Crippen LogP contribution in [0.3, 0.4) is 0 Å². The Morgan fingerprint density at radius 3 is 2.68 bits per heavy atom. The maximum atomic E-state index is 12.3. The lowest BCUT2D eigenvalue weighted by Gasteiger charge is -2.14. The number of aryl methyl sites for hydroxylation is 1. The molecule has 1 heterocycles. The number of nitrogens with one attached hydrogen (secondary N) is 1. The Kier molecular flexibility index (Phi) is 6.86. The van der Waals surface area contributed by atoms with Crippen molar-refractivity contribution in [3.05, 3.63) is 74.7 Å². The lowest BCUT2D eigenvalue weighted by atomic mass is 10.0. The van der Waals surface area contributed by atoms with Gasteiger partial charge in [0.15, 0.2) is 11.7 Å². The quantitative estimate of drug-likeness (QED) is 0.475. The summed E-state index contributed by atoms with van der Waals surface area (Å²) in [7, 11) is 0. The van der Waals surface area contributed by atoms with Crippen molar-refractivity contribution in [3.8, 4) is 5.75 Å². The summed E-state index contributed by atoms with van der Waals surface area (Å²) in [5.74, 6) is 0.889. The van der Waals surface area contributed by atoms with Crippen molar-refractivity contribution in [2.45, 2.75) is 33.1 Å². The van der Waals surface area contributed by atoms with E-state index in [9.17, 15) is 4.79 Å². The topological polar surface area (TPSA) is 51.2 Å². The SMILES string of the molecule is Cc1ccc(C(C)C)c(OCC(=O)Nc2ncc(Cc3ccc(Br)cc3)s2)c1. The first kappa shape index (κ1) is 20.6. The van der Waals surface area contributed by atoms with E-state index in [2.05, 4.69) is 64.3 Å². The van der Waals surface area contributed by atoms with Gasteiger partial charge >= 0.3 is 0 Å². The normalized spacial score (nSPS) is 10.9. The van der Waals surface area contributed by atoms with E-state index in [-0.39, 0.29) is 12.5 Å². The van der Waals surface area contributed by atoms with Crippen LogP contribution in [0.4, 0.5) is 5.13 Å². The van der Waals surface area contributed by atoms with E-state index >= 15 is 0 Å². The number of hydrogen-bond donors (Lipinski definition) is 1. The molecule has 146 valence electrons. The van der Waals surface area contributed by atoms with Crippen molar-refractivity contribution in [2.75, 3.05) is 11.9 Å². The van der Waals surface area contributed by atoms with Crippen LogP contribution in [0, 0.1) is 6.92 Å². The van der Waals surface area contributed by atoms with Crippen molar-refractivity contribution in [3.63, 3.8) is 0 Å². The Balaban J connectivity index is 1.56. The minimum absolute atomic E-state index is 0.0369. The molecule has 0 aliphatic carbocycles. The number of amides is 1. The molecule has 0 bridgehead atoms. The van der Waals surface area contributed by atoms with E-state index in [1.54, 1.807) is 6.20 Å². The number of carbonyl (C=O) groups is 1. The second kappa shape index (κ2) is 9.34. The van der Waals surface area contributed by atoms with Gasteiger partial charge in [-0.25, -0.2) is 4.98 Å². The average Bonchev–Trinajstić information content (AvgIpc) is 3.08.